The van der Waals surface area contributed by atoms with Gasteiger partial charge >= 0.3 is 0 Å². The van der Waals surface area contributed by atoms with Crippen molar-refractivity contribution in [2.75, 3.05) is 37.3 Å². The number of piperazine rings is 1. The fraction of sp³-hybridized carbons (Fsp3) is 0.583. The molecule has 0 spiro atoms. The van der Waals surface area contributed by atoms with Crippen molar-refractivity contribution in [1.82, 2.24) is 25.1 Å². The summed E-state index contributed by atoms with van der Waals surface area (Å²) in [7, 11) is 2.15. The highest BCUT2D eigenvalue weighted by atomic mass is 15.3. The Morgan fingerprint density at radius 2 is 2.11 bits per heavy atom. The van der Waals surface area contributed by atoms with Crippen LogP contribution in [0.3, 0.4) is 0 Å². The highest BCUT2D eigenvalue weighted by Crippen LogP contribution is 2.28. The molecule has 0 amide bonds. The number of hydrogen-bond acceptors (Lipinski definition) is 6. The lowest BCUT2D eigenvalue weighted by Gasteiger charge is -2.45. The summed E-state index contributed by atoms with van der Waals surface area (Å²) in [5, 5.41) is 7.81. The van der Waals surface area contributed by atoms with Crippen molar-refractivity contribution >= 4 is 22.8 Å². The molecule has 0 aliphatic carbocycles. The Bertz CT molecular complexity index is 603. The van der Waals surface area contributed by atoms with Crippen molar-refractivity contribution in [3.63, 3.8) is 0 Å². The molecule has 3 heterocycles. The number of fused-ring (bicyclic) bond motifs is 1. The van der Waals surface area contributed by atoms with Crippen LogP contribution in [0, 0.1) is 0 Å². The monoisotopic (exact) mass is 261 g/mol. The molecule has 0 radical (unpaired) electrons. The molecule has 0 unspecified atom stereocenters. The molecule has 0 saturated carbocycles. The fourth-order valence-corrected chi connectivity index (χ4v) is 2.50. The van der Waals surface area contributed by atoms with Crippen molar-refractivity contribution in [1.29, 1.82) is 0 Å². The van der Waals surface area contributed by atoms with Gasteiger partial charge < -0.3 is 10.6 Å². The molecular weight excluding hydrogens is 242 g/mol. The number of rotatable bonds is 1. The van der Waals surface area contributed by atoms with Crippen LogP contribution in [-0.2, 0) is 0 Å². The van der Waals surface area contributed by atoms with Crippen molar-refractivity contribution in [2.24, 2.45) is 0 Å². The molecule has 0 atom stereocenters. The summed E-state index contributed by atoms with van der Waals surface area (Å²) in [4.78, 5) is 13.2. The molecule has 1 aliphatic heterocycles. The van der Waals surface area contributed by atoms with Crippen LogP contribution in [0.2, 0.25) is 0 Å². The zero-order chi connectivity index (χ0) is 13.6. The van der Waals surface area contributed by atoms with Gasteiger partial charge in [-0.25, -0.2) is 0 Å². The Balaban J connectivity index is 2.02. The van der Waals surface area contributed by atoms with E-state index in [4.69, 9.17) is 5.73 Å². The molecule has 0 aromatic carbocycles. The van der Waals surface area contributed by atoms with Crippen LogP contribution in [0.5, 0.6) is 0 Å². The first kappa shape index (κ1) is 12.2. The Labute approximate surface area is 111 Å². The normalized spacial score (nSPS) is 20.1. The second-order valence-electron chi connectivity index (χ2n) is 5.69. The van der Waals surface area contributed by atoms with E-state index in [1.165, 1.54) is 0 Å². The number of nitrogens with zero attached hydrogens (tertiary/aromatic N) is 5. The van der Waals surface area contributed by atoms with Gasteiger partial charge in [-0.15, -0.1) is 0 Å². The van der Waals surface area contributed by atoms with Crippen LogP contribution in [0.4, 0.5) is 11.8 Å². The molecule has 7 heteroatoms. The topological polar surface area (TPSA) is 87.0 Å². The molecule has 0 bridgehead atoms. The van der Waals surface area contributed by atoms with Gasteiger partial charge in [0.15, 0.2) is 5.65 Å². The molecular formula is C12H19N7. The molecule has 1 fully saturated rings. The lowest BCUT2D eigenvalue weighted by Crippen LogP contribution is -2.58. The van der Waals surface area contributed by atoms with E-state index in [-0.39, 0.29) is 11.5 Å². The van der Waals surface area contributed by atoms with E-state index >= 15 is 0 Å². The quantitative estimate of drug-likeness (QED) is 0.775. The summed E-state index contributed by atoms with van der Waals surface area (Å²) in [6.45, 7) is 7.29. The summed E-state index contributed by atoms with van der Waals surface area (Å²) in [6.07, 6.45) is 1.76. The van der Waals surface area contributed by atoms with Gasteiger partial charge in [-0.2, -0.15) is 15.1 Å². The second-order valence-corrected chi connectivity index (χ2v) is 5.69. The minimum Gasteiger partial charge on any atom is -0.368 e. The molecule has 102 valence electrons. The van der Waals surface area contributed by atoms with Crippen molar-refractivity contribution in [2.45, 2.75) is 19.4 Å². The molecule has 1 saturated heterocycles. The number of nitrogens with two attached hydrogens (primary N) is 1. The third kappa shape index (κ3) is 1.99. The predicted octanol–water partition coefficient (Wildman–Crippen LogP) is 0.465. The summed E-state index contributed by atoms with van der Waals surface area (Å²) in [5.41, 5.74) is 6.58. The average molecular weight is 261 g/mol. The van der Waals surface area contributed by atoms with Crippen LogP contribution in [0.1, 0.15) is 13.8 Å². The first-order valence-electron chi connectivity index (χ1n) is 6.40. The molecule has 2 aromatic heterocycles. The molecule has 1 aliphatic rings. The molecule has 19 heavy (non-hydrogen) atoms. The fourth-order valence-electron chi connectivity index (χ4n) is 2.50. The van der Waals surface area contributed by atoms with E-state index < -0.39 is 0 Å². The summed E-state index contributed by atoms with van der Waals surface area (Å²) < 4.78 is 0. The van der Waals surface area contributed by atoms with Crippen LogP contribution >= 0.6 is 0 Å². The SMILES string of the molecule is CN1CCN(c2nc(N)nc3[nH]ncc23)CC1(C)C. The Morgan fingerprint density at radius 1 is 1.32 bits per heavy atom. The van der Waals surface area contributed by atoms with Gasteiger partial charge in [0.05, 0.1) is 11.6 Å². The summed E-state index contributed by atoms with van der Waals surface area (Å²) >= 11 is 0. The minimum atomic E-state index is 0.105. The van der Waals surface area contributed by atoms with Crippen molar-refractivity contribution in [3.05, 3.63) is 6.20 Å². The highest BCUT2D eigenvalue weighted by molar-refractivity contribution is 5.87. The highest BCUT2D eigenvalue weighted by Gasteiger charge is 2.32. The van der Waals surface area contributed by atoms with Gasteiger partial charge in [-0.05, 0) is 20.9 Å². The van der Waals surface area contributed by atoms with Crippen LogP contribution in [-0.4, -0.2) is 57.3 Å². The van der Waals surface area contributed by atoms with Gasteiger partial charge in [0.1, 0.15) is 5.82 Å². The number of hydrogen-bond donors (Lipinski definition) is 2. The predicted molar refractivity (Wildman–Crippen MR) is 75.0 cm³/mol. The van der Waals surface area contributed by atoms with Gasteiger partial charge in [-0.1, -0.05) is 0 Å². The van der Waals surface area contributed by atoms with Gasteiger partial charge in [0.25, 0.3) is 0 Å². The number of aromatic amines is 1. The maximum absolute atomic E-state index is 5.78. The van der Waals surface area contributed by atoms with E-state index in [0.717, 1.165) is 30.8 Å². The molecule has 3 N–H and O–H groups in total. The number of nitrogen functional groups attached to an aromatic ring is 1. The Hall–Kier alpha value is -1.89. The van der Waals surface area contributed by atoms with E-state index in [9.17, 15) is 0 Å². The lowest BCUT2D eigenvalue weighted by atomic mass is 9.99. The van der Waals surface area contributed by atoms with Crippen LogP contribution in [0.25, 0.3) is 11.0 Å². The molecule has 2 aromatic rings. The van der Waals surface area contributed by atoms with Crippen LogP contribution in [0.15, 0.2) is 6.20 Å². The zero-order valence-corrected chi connectivity index (χ0v) is 11.5. The number of nitrogens with one attached hydrogen (secondary N) is 1. The lowest BCUT2D eigenvalue weighted by molar-refractivity contribution is 0.138. The summed E-state index contributed by atoms with van der Waals surface area (Å²) in [6, 6.07) is 0. The maximum atomic E-state index is 5.78. The average Bonchev–Trinajstić information content (AvgIpc) is 2.79. The number of likely N-dealkylation sites (N-methyl/N-ethyl adjacent to an activating group) is 1. The number of anilines is 2. The van der Waals surface area contributed by atoms with E-state index in [0.29, 0.717) is 5.65 Å². The summed E-state index contributed by atoms with van der Waals surface area (Å²) in [5.74, 6) is 1.15. The first-order valence-corrected chi connectivity index (χ1v) is 6.40. The smallest absolute Gasteiger partial charge is 0.224 e. The van der Waals surface area contributed by atoms with Crippen LogP contribution < -0.4 is 10.6 Å². The number of aromatic nitrogens is 4. The largest absolute Gasteiger partial charge is 0.368 e. The van der Waals surface area contributed by atoms with E-state index in [1.54, 1.807) is 6.20 Å². The van der Waals surface area contributed by atoms with E-state index in [1.807, 2.05) is 0 Å². The third-order valence-corrected chi connectivity index (χ3v) is 3.92. The maximum Gasteiger partial charge on any atom is 0.224 e. The molecule has 3 rings (SSSR count). The van der Waals surface area contributed by atoms with Gasteiger partial charge in [0.2, 0.25) is 5.95 Å². The zero-order valence-electron chi connectivity index (χ0n) is 11.5. The Kier molecular flexibility index (Phi) is 2.60. The van der Waals surface area contributed by atoms with Gasteiger partial charge in [-0.3, -0.25) is 10.00 Å². The standard InChI is InChI=1S/C12H19N7/c1-12(2)7-19(5-4-18(12)3)10-8-6-14-17-9(8)15-11(13)16-10/h6H,4-5,7H2,1-3H3,(H3,13,14,15,16,17). The molecule has 7 nitrogen and oxygen atoms in total. The van der Waals surface area contributed by atoms with Gasteiger partial charge in [0, 0.05) is 25.2 Å². The first-order chi connectivity index (χ1) is 8.97. The van der Waals surface area contributed by atoms with Crippen molar-refractivity contribution in [3.8, 4) is 0 Å². The number of H-pyrrole nitrogens is 1. The second kappa shape index (κ2) is 4.06. The van der Waals surface area contributed by atoms with Crippen molar-refractivity contribution < 1.29 is 0 Å². The minimum absolute atomic E-state index is 0.105. The third-order valence-electron chi connectivity index (χ3n) is 3.92. The van der Waals surface area contributed by atoms with E-state index in [2.05, 4.69) is 50.9 Å². The Morgan fingerprint density at radius 3 is 2.84 bits per heavy atom.